The first-order valence-electron chi connectivity index (χ1n) is 10.0. The molecule has 1 N–H and O–H groups in total. The number of halogens is 3. The van der Waals surface area contributed by atoms with Gasteiger partial charge in [0.2, 0.25) is 11.8 Å². The molecule has 2 atom stereocenters. The second kappa shape index (κ2) is 11.6. The van der Waals surface area contributed by atoms with Crippen LogP contribution in [0, 0.1) is 0 Å². The van der Waals surface area contributed by atoms with Crippen molar-refractivity contribution < 1.29 is 9.59 Å². The predicted octanol–water partition coefficient (Wildman–Crippen LogP) is 5.91. The lowest BCUT2D eigenvalue weighted by atomic mass is 10.1. The van der Waals surface area contributed by atoms with E-state index in [-0.39, 0.29) is 30.8 Å². The summed E-state index contributed by atoms with van der Waals surface area (Å²) < 4.78 is 0. The van der Waals surface area contributed by atoms with Crippen LogP contribution in [0.4, 0.5) is 0 Å². The monoisotopic (exact) mass is 468 g/mol. The van der Waals surface area contributed by atoms with Crippen molar-refractivity contribution >= 4 is 46.6 Å². The van der Waals surface area contributed by atoms with Gasteiger partial charge in [0.05, 0.1) is 16.5 Å². The highest BCUT2D eigenvalue weighted by Gasteiger charge is 2.29. The van der Waals surface area contributed by atoms with Gasteiger partial charge in [-0.2, -0.15) is 0 Å². The number of nitrogens with zero attached hydrogens (tertiary/aromatic N) is 1. The number of carbonyl (C=O) groups excluding carboxylic acids is 2. The number of hydrogen-bond acceptors (Lipinski definition) is 2. The Morgan fingerprint density at radius 1 is 0.967 bits per heavy atom. The topological polar surface area (TPSA) is 49.4 Å². The molecule has 0 aromatic heterocycles. The van der Waals surface area contributed by atoms with Gasteiger partial charge in [-0.3, -0.25) is 9.59 Å². The summed E-state index contributed by atoms with van der Waals surface area (Å²) in [4.78, 5) is 27.8. The zero-order valence-corrected chi connectivity index (χ0v) is 19.7. The van der Waals surface area contributed by atoms with Crippen molar-refractivity contribution in [2.45, 2.75) is 58.7 Å². The Balaban J connectivity index is 2.32. The van der Waals surface area contributed by atoms with Crippen LogP contribution in [0.2, 0.25) is 15.1 Å². The van der Waals surface area contributed by atoms with E-state index in [9.17, 15) is 9.59 Å². The lowest BCUT2D eigenvalue weighted by Gasteiger charge is -2.31. The number of hydrogen-bond donors (Lipinski definition) is 1. The average Bonchev–Trinajstić information content (AvgIpc) is 2.70. The molecule has 0 fully saturated rings. The van der Waals surface area contributed by atoms with Crippen LogP contribution in [0.3, 0.4) is 0 Å². The summed E-state index contributed by atoms with van der Waals surface area (Å²) in [6.07, 6.45) is 1.45. The zero-order chi connectivity index (χ0) is 22.3. The quantitative estimate of drug-likeness (QED) is 0.496. The third-order valence-electron chi connectivity index (χ3n) is 4.97. The highest BCUT2D eigenvalue weighted by atomic mass is 35.5. The molecule has 7 heteroatoms. The van der Waals surface area contributed by atoms with Gasteiger partial charge in [0.15, 0.2) is 0 Å². The molecule has 2 rings (SSSR count). The summed E-state index contributed by atoms with van der Waals surface area (Å²) in [7, 11) is 0. The standard InChI is InChI=1S/C23H27Cl3N2O2/c1-4-15(3)27-23(30)21(5-2)28(14-17-9-10-19(25)20(26)12-17)22(29)13-16-7-6-8-18(24)11-16/h6-12,15,21H,4-5,13-14H2,1-3H3,(H,27,30)/t15-,21+/m1/s1. The second-order valence-corrected chi connectivity index (χ2v) is 8.57. The molecule has 0 radical (unpaired) electrons. The SMILES string of the molecule is CC[C@@H](C)NC(=O)[C@H](CC)N(Cc1ccc(Cl)c(Cl)c1)C(=O)Cc1cccc(Cl)c1. The molecule has 162 valence electrons. The minimum atomic E-state index is -0.597. The lowest BCUT2D eigenvalue weighted by molar-refractivity contribution is -0.141. The average molecular weight is 470 g/mol. The summed E-state index contributed by atoms with van der Waals surface area (Å²) in [5.74, 6) is -0.319. The van der Waals surface area contributed by atoms with E-state index in [4.69, 9.17) is 34.8 Å². The van der Waals surface area contributed by atoms with Crippen molar-refractivity contribution in [3.05, 3.63) is 68.7 Å². The maximum atomic E-state index is 13.3. The Morgan fingerprint density at radius 2 is 1.70 bits per heavy atom. The van der Waals surface area contributed by atoms with Gasteiger partial charge in [-0.05, 0) is 55.2 Å². The van der Waals surface area contributed by atoms with Crippen LogP contribution < -0.4 is 5.32 Å². The van der Waals surface area contributed by atoms with E-state index in [1.807, 2.05) is 32.9 Å². The van der Waals surface area contributed by atoms with Gasteiger partial charge >= 0.3 is 0 Å². The van der Waals surface area contributed by atoms with Crippen molar-refractivity contribution in [2.75, 3.05) is 0 Å². The summed E-state index contributed by atoms with van der Waals surface area (Å²) >= 11 is 18.3. The fourth-order valence-electron chi connectivity index (χ4n) is 3.12. The zero-order valence-electron chi connectivity index (χ0n) is 17.4. The maximum Gasteiger partial charge on any atom is 0.243 e. The van der Waals surface area contributed by atoms with E-state index in [1.54, 1.807) is 35.2 Å². The largest absolute Gasteiger partial charge is 0.352 e. The molecule has 0 saturated heterocycles. The fraction of sp³-hybridized carbons (Fsp3) is 0.391. The number of nitrogens with one attached hydrogen (secondary N) is 1. The Bertz CT molecular complexity index is 889. The van der Waals surface area contributed by atoms with Gasteiger partial charge < -0.3 is 10.2 Å². The lowest BCUT2D eigenvalue weighted by Crippen LogP contribution is -2.51. The van der Waals surface area contributed by atoms with Gasteiger partial charge in [-0.1, -0.05) is 66.8 Å². The Kier molecular flexibility index (Phi) is 9.47. The Hall–Kier alpha value is -1.75. The second-order valence-electron chi connectivity index (χ2n) is 7.32. The fourth-order valence-corrected chi connectivity index (χ4v) is 3.65. The van der Waals surface area contributed by atoms with Crippen LogP contribution in [-0.4, -0.2) is 28.8 Å². The van der Waals surface area contributed by atoms with Crippen molar-refractivity contribution in [1.82, 2.24) is 10.2 Å². The van der Waals surface area contributed by atoms with Crippen LogP contribution in [0.15, 0.2) is 42.5 Å². The molecule has 4 nitrogen and oxygen atoms in total. The number of carbonyl (C=O) groups is 2. The smallest absolute Gasteiger partial charge is 0.243 e. The molecule has 2 amide bonds. The van der Waals surface area contributed by atoms with E-state index < -0.39 is 6.04 Å². The molecule has 0 spiro atoms. The van der Waals surface area contributed by atoms with Crippen LogP contribution in [-0.2, 0) is 22.6 Å². The Labute approximate surface area is 193 Å². The van der Waals surface area contributed by atoms with Crippen molar-refractivity contribution in [3.63, 3.8) is 0 Å². The molecule has 0 aliphatic rings. The number of rotatable bonds is 9. The highest BCUT2D eigenvalue weighted by Crippen LogP contribution is 2.24. The maximum absolute atomic E-state index is 13.3. The molecule has 30 heavy (non-hydrogen) atoms. The van der Waals surface area contributed by atoms with Crippen molar-refractivity contribution in [2.24, 2.45) is 0 Å². The van der Waals surface area contributed by atoms with Crippen LogP contribution in [0.1, 0.15) is 44.7 Å². The molecular weight excluding hydrogens is 443 g/mol. The van der Waals surface area contributed by atoms with E-state index in [2.05, 4.69) is 5.32 Å². The summed E-state index contributed by atoms with van der Waals surface area (Å²) in [6, 6.07) is 11.8. The number of amides is 2. The minimum Gasteiger partial charge on any atom is -0.352 e. The number of benzene rings is 2. The predicted molar refractivity (Wildman–Crippen MR) is 124 cm³/mol. The first-order valence-corrected chi connectivity index (χ1v) is 11.2. The van der Waals surface area contributed by atoms with E-state index in [0.29, 0.717) is 21.5 Å². The van der Waals surface area contributed by atoms with Crippen LogP contribution in [0.5, 0.6) is 0 Å². The van der Waals surface area contributed by atoms with Crippen LogP contribution in [0.25, 0.3) is 0 Å². The molecule has 0 saturated carbocycles. The third kappa shape index (κ3) is 6.90. The van der Waals surface area contributed by atoms with Gasteiger partial charge in [0.25, 0.3) is 0 Å². The van der Waals surface area contributed by atoms with Gasteiger partial charge in [-0.15, -0.1) is 0 Å². The van der Waals surface area contributed by atoms with Gasteiger partial charge in [0, 0.05) is 17.6 Å². The van der Waals surface area contributed by atoms with Crippen molar-refractivity contribution in [1.29, 1.82) is 0 Å². The summed E-state index contributed by atoms with van der Waals surface area (Å²) in [5, 5.41) is 4.42. The first-order chi connectivity index (χ1) is 14.2. The Morgan fingerprint density at radius 3 is 2.30 bits per heavy atom. The summed E-state index contributed by atoms with van der Waals surface area (Å²) in [6.45, 7) is 6.10. The van der Waals surface area contributed by atoms with E-state index in [0.717, 1.165) is 17.5 Å². The first kappa shape index (κ1) is 24.5. The van der Waals surface area contributed by atoms with Gasteiger partial charge in [0.1, 0.15) is 6.04 Å². The molecule has 0 unspecified atom stereocenters. The van der Waals surface area contributed by atoms with Crippen LogP contribution >= 0.6 is 34.8 Å². The molecule has 0 aliphatic carbocycles. The molecular formula is C23H27Cl3N2O2. The molecule has 2 aromatic carbocycles. The van der Waals surface area contributed by atoms with Gasteiger partial charge in [-0.25, -0.2) is 0 Å². The highest BCUT2D eigenvalue weighted by molar-refractivity contribution is 6.42. The normalized spacial score (nSPS) is 12.9. The molecule has 0 heterocycles. The summed E-state index contributed by atoms with van der Waals surface area (Å²) in [5.41, 5.74) is 1.60. The third-order valence-corrected chi connectivity index (χ3v) is 5.94. The molecule has 0 bridgehead atoms. The van der Waals surface area contributed by atoms with E-state index in [1.165, 1.54) is 0 Å². The molecule has 2 aromatic rings. The van der Waals surface area contributed by atoms with Crippen molar-refractivity contribution in [3.8, 4) is 0 Å². The minimum absolute atomic E-state index is 0.0291. The van der Waals surface area contributed by atoms with E-state index >= 15 is 0 Å². The molecule has 0 aliphatic heterocycles.